The summed E-state index contributed by atoms with van der Waals surface area (Å²) in [6, 6.07) is 12.6. The molecule has 4 nitrogen and oxygen atoms in total. The van der Waals surface area contributed by atoms with Gasteiger partial charge in [0.1, 0.15) is 0 Å². The quantitative estimate of drug-likeness (QED) is 0.500. The van der Waals surface area contributed by atoms with Crippen molar-refractivity contribution in [1.29, 1.82) is 0 Å². The predicted molar refractivity (Wildman–Crippen MR) is 117 cm³/mol. The topological polar surface area (TPSA) is 52.6 Å². The molecule has 0 saturated heterocycles. The van der Waals surface area contributed by atoms with Crippen molar-refractivity contribution in [3.8, 4) is 0 Å². The lowest BCUT2D eigenvalue weighted by atomic mass is 9.83. The SMILES string of the molecule is CC(C)OCC(CSCc1ccc2c(c1)C(=O)c1ccccc1C2=O)OC(C)C. The second-order valence-corrected chi connectivity index (χ2v) is 8.82. The summed E-state index contributed by atoms with van der Waals surface area (Å²) in [7, 11) is 0. The van der Waals surface area contributed by atoms with Crippen molar-refractivity contribution >= 4 is 23.3 Å². The van der Waals surface area contributed by atoms with E-state index in [-0.39, 0.29) is 29.9 Å². The highest BCUT2D eigenvalue weighted by Gasteiger charge is 2.29. The lowest BCUT2D eigenvalue weighted by molar-refractivity contribution is -0.0472. The molecule has 1 aliphatic carbocycles. The molecule has 0 aliphatic heterocycles. The molecule has 5 heteroatoms. The third-order valence-electron chi connectivity index (χ3n) is 4.64. The summed E-state index contributed by atoms with van der Waals surface area (Å²) in [4.78, 5) is 25.6. The number of rotatable bonds is 9. The highest BCUT2D eigenvalue weighted by atomic mass is 32.2. The second-order valence-electron chi connectivity index (χ2n) is 7.79. The van der Waals surface area contributed by atoms with Crippen LogP contribution in [0.1, 0.15) is 65.1 Å². The standard InChI is InChI=1S/C24H28O4S/c1-15(2)27-12-18(28-16(3)4)14-29-13-17-9-10-21-22(11-17)24(26)20-8-6-5-7-19(20)23(21)25/h5-11,15-16,18H,12-14H2,1-4H3. The van der Waals surface area contributed by atoms with Crippen molar-refractivity contribution in [1.82, 2.24) is 0 Å². The maximum absolute atomic E-state index is 12.9. The summed E-state index contributed by atoms with van der Waals surface area (Å²) >= 11 is 1.75. The van der Waals surface area contributed by atoms with Gasteiger partial charge in [-0.25, -0.2) is 0 Å². The number of carbonyl (C=O) groups is 2. The van der Waals surface area contributed by atoms with E-state index in [0.717, 1.165) is 17.1 Å². The number of hydrogen-bond donors (Lipinski definition) is 0. The van der Waals surface area contributed by atoms with Crippen LogP contribution in [0, 0.1) is 0 Å². The molecule has 0 radical (unpaired) electrons. The van der Waals surface area contributed by atoms with E-state index in [1.54, 1.807) is 42.1 Å². The van der Waals surface area contributed by atoms with Crippen molar-refractivity contribution in [3.63, 3.8) is 0 Å². The number of ether oxygens (including phenoxy) is 2. The van der Waals surface area contributed by atoms with E-state index in [2.05, 4.69) is 0 Å². The summed E-state index contributed by atoms with van der Waals surface area (Å²) in [6.45, 7) is 8.65. The largest absolute Gasteiger partial charge is 0.376 e. The molecule has 0 spiro atoms. The minimum absolute atomic E-state index is 0.0233. The number of hydrogen-bond acceptors (Lipinski definition) is 5. The molecule has 2 aromatic rings. The number of carbonyl (C=O) groups excluding carboxylic acids is 2. The molecule has 1 unspecified atom stereocenters. The first-order chi connectivity index (χ1) is 13.9. The van der Waals surface area contributed by atoms with E-state index in [9.17, 15) is 9.59 Å². The Kier molecular flexibility index (Phi) is 7.28. The Labute approximate surface area is 177 Å². The number of benzene rings is 2. The molecule has 0 amide bonds. The van der Waals surface area contributed by atoms with Gasteiger partial charge in [-0.3, -0.25) is 9.59 Å². The van der Waals surface area contributed by atoms with E-state index < -0.39 is 0 Å². The van der Waals surface area contributed by atoms with E-state index in [4.69, 9.17) is 9.47 Å². The minimum atomic E-state index is -0.0781. The van der Waals surface area contributed by atoms with Crippen molar-refractivity contribution < 1.29 is 19.1 Å². The van der Waals surface area contributed by atoms with Gasteiger partial charge < -0.3 is 9.47 Å². The molecular weight excluding hydrogens is 384 g/mol. The molecule has 0 heterocycles. The zero-order valence-corrected chi connectivity index (χ0v) is 18.3. The maximum atomic E-state index is 12.9. The smallest absolute Gasteiger partial charge is 0.194 e. The lowest BCUT2D eigenvalue weighted by Gasteiger charge is -2.22. The Morgan fingerprint density at radius 1 is 0.828 bits per heavy atom. The first kappa shape index (κ1) is 21.8. The highest BCUT2D eigenvalue weighted by molar-refractivity contribution is 7.98. The molecule has 0 fully saturated rings. The second kappa shape index (κ2) is 9.70. The van der Waals surface area contributed by atoms with Crippen molar-refractivity contribution in [2.45, 2.75) is 51.8 Å². The van der Waals surface area contributed by atoms with Gasteiger partial charge in [0.25, 0.3) is 0 Å². The molecule has 0 aromatic heterocycles. The van der Waals surface area contributed by atoms with Crippen LogP contribution in [0.25, 0.3) is 0 Å². The fourth-order valence-corrected chi connectivity index (χ4v) is 4.33. The zero-order chi connectivity index (χ0) is 21.0. The minimum Gasteiger partial charge on any atom is -0.376 e. The normalized spacial score (nSPS) is 14.3. The Morgan fingerprint density at radius 2 is 1.45 bits per heavy atom. The summed E-state index contributed by atoms with van der Waals surface area (Å²) in [5.41, 5.74) is 3.01. The fourth-order valence-electron chi connectivity index (χ4n) is 3.36. The molecule has 0 N–H and O–H groups in total. The summed E-state index contributed by atoms with van der Waals surface area (Å²) in [5, 5.41) is 0. The van der Waals surface area contributed by atoms with E-state index in [1.807, 2.05) is 39.8 Å². The van der Waals surface area contributed by atoms with E-state index in [1.165, 1.54) is 0 Å². The molecule has 2 aromatic carbocycles. The molecule has 0 saturated carbocycles. The van der Waals surface area contributed by atoms with Crippen molar-refractivity contribution in [3.05, 3.63) is 70.3 Å². The van der Waals surface area contributed by atoms with Crippen molar-refractivity contribution in [2.24, 2.45) is 0 Å². The van der Waals surface area contributed by atoms with Crippen molar-refractivity contribution in [2.75, 3.05) is 12.4 Å². The van der Waals surface area contributed by atoms with Gasteiger partial charge in [0, 0.05) is 33.8 Å². The van der Waals surface area contributed by atoms with Gasteiger partial charge in [0.15, 0.2) is 11.6 Å². The Bertz CT molecular complexity index is 888. The third-order valence-corrected chi connectivity index (χ3v) is 5.79. The summed E-state index contributed by atoms with van der Waals surface area (Å²) in [6.07, 6.45) is 0.337. The van der Waals surface area contributed by atoms with E-state index in [0.29, 0.717) is 28.9 Å². The number of thioether (sulfide) groups is 1. The molecule has 3 rings (SSSR count). The molecule has 1 atom stereocenters. The average molecular weight is 413 g/mol. The maximum Gasteiger partial charge on any atom is 0.194 e. The highest BCUT2D eigenvalue weighted by Crippen LogP contribution is 2.29. The summed E-state index contributed by atoms with van der Waals surface area (Å²) in [5.74, 6) is 1.40. The summed E-state index contributed by atoms with van der Waals surface area (Å²) < 4.78 is 11.7. The average Bonchev–Trinajstić information content (AvgIpc) is 2.69. The van der Waals surface area contributed by atoms with Gasteiger partial charge in [0.05, 0.1) is 24.9 Å². The molecule has 0 bridgehead atoms. The van der Waals surface area contributed by atoms with Gasteiger partial charge >= 0.3 is 0 Å². The van der Waals surface area contributed by atoms with Gasteiger partial charge in [-0.1, -0.05) is 30.3 Å². The molecule has 29 heavy (non-hydrogen) atoms. The van der Waals surface area contributed by atoms with Gasteiger partial charge in [0.2, 0.25) is 0 Å². The number of fused-ring (bicyclic) bond motifs is 2. The number of ketones is 2. The molecule has 1 aliphatic rings. The van der Waals surface area contributed by atoms with Crippen LogP contribution in [0.2, 0.25) is 0 Å². The lowest BCUT2D eigenvalue weighted by Crippen LogP contribution is -2.27. The van der Waals surface area contributed by atoms with Crippen LogP contribution < -0.4 is 0 Å². The van der Waals surface area contributed by atoms with E-state index >= 15 is 0 Å². The van der Waals surface area contributed by atoms with Crippen LogP contribution in [-0.4, -0.2) is 42.2 Å². The van der Waals surface area contributed by atoms with Crippen LogP contribution in [-0.2, 0) is 15.2 Å². The monoisotopic (exact) mass is 412 g/mol. The fraction of sp³-hybridized carbons (Fsp3) is 0.417. The third kappa shape index (κ3) is 5.35. The predicted octanol–water partition coefficient (Wildman–Crippen LogP) is 4.91. The zero-order valence-electron chi connectivity index (χ0n) is 17.4. The first-order valence-corrected chi connectivity index (χ1v) is 11.2. The van der Waals surface area contributed by atoms with Gasteiger partial charge in [-0.2, -0.15) is 11.8 Å². The Morgan fingerprint density at radius 3 is 2.07 bits per heavy atom. The van der Waals surface area contributed by atoms with Crippen LogP contribution >= 0.6 is 11.8 Å². The molecule has 154 valence electrons. The van der Waals surface area contributed by atoms with Gasteiger partial charge in [-0.05, 0) is 45.4 Å². The molecular formula is C24H28O4S. The van der Waals surface area contributed by atoms with Crippen LogP contribution in [0.15, 0.2) is 42.5 Å². The Hall–Kier alpha value is -1.95. The van der Waals surface area contributed by atoms with Crippen LogP contribution in [0.4, 0.5) is 0 Å². The van der Waals surface area contributed by atoms with Crippen LogP contribution in [0.3, 0.4) is 0 Å². The Balaban J connectivity index is 1.67. The first-order valence-electron chi connectivity index (χ1n) is 10.0. The van der Waals surface area contributed by atoms with Crippen LogP contribution in [0.5, 0.6) is 0 Å². The van der Waals surface area contributed by atoms with Gasteiger partial charge in [-0.15, -0.1) is 0 Å².